The number of hydrogen-bond acceptors (Lipinski definition) is 3. The van der Waals surface area contributed by atoms with Gasteiger partial charge < -0.3 is 15.2 Å². The molecule has 4 nitrogen and oxygen atoms in total. The molecule has 1 saturated heterocycles. The molecule has 1 heterocycles. The van der Waals surface area contributed by atoms with E-state index in [-0.39, 0.29) is 24.7 Å². The zero-order valence-corrected chi connectivity index (χ0v) is 12.5. The van der Waals surface area contributed by atoms with Crippen molar-refractivity contribution in [1.82, 2.24) is 5.32 Å². The van der Waals surface area contributed by atoms with Crippen molar-refractivity contribution in [2.75, 3.05) is 13.2 Å². The predicted octanol–water partition coefficient (Wildman–Crippen LogP) is 2.06. The van der Waals surface area contributed by atoms with Gasteiger partial charge >= 0.3 is 0 Å². The van der Waals surface area contributed by atoms with Gasteiger partial charge in [-0.1, -0.05) is 30.3 Å². The first kappa shape index (κ1) is 16.0. The Morgan fingerprint density at radius 2 is 2.14 bits per heavy atom. The molecule has 2 N–H and O–H groups in total. The van der Waals surface area contributed by atoms with Gasteiger partial charge in [0.25, 0.3) is 0 Å². The van der Waals surface area contributed by atoms with Crippen molar-refractivity contribution in [1.29, 1.82) is 0 Å². The van der Waals surface area contributed by atoms with E-state index >= 15 is 0 Å². The monoisotopic (exact) mass is 291 g/mol. The number of aliphatic hydroxyl groups is 1. The minimum absolute atomic E-state index is 0.000783. The molecular weight excluding hydrogens is 266 g/mol. The van der Waals surface area contributed by atoms with Crippen LogP contribution in [0.25, 0.3) is 0 Å². The van der Waals surface area contributed by atoms with E-state index in [1.807, 2.05) is 30.3 Å². The highest BCUT2D eigenvalue weighted by Crippen LogP contribution is 2.16. The standard InChI is InChI=1S/C17H25NO3/c19-13-15(12-14-6-2-1-3-7-14)18-17(20)10-9-16-8-4-5-11-21-16/h1-3,6-7,15-16,19H,4-5,8-13H2,(H,18,20). The molecule has 0 saturated carbocycles. The van der Waals surface area contributed by atoms with Crippen LogP contribution in [-0.2, 0) is 16.0 Å². The number of ether oxygens (including phenoxy) is 1. The molecule has 1 aliphatic heterocycles. The fraction of sp³-hybridized carbons (Fsp3) is 0.588. The van der Waals surface area contributed by atoms with Crippen LogP contribution in [0.15, 0.2) is 30.3 Å². The summed E-state index contributed by atoms with van der Waals surface area (Å²) in [6.45, 7) is 0.778. The van der Waals surface area contributed by atoms with E-state index in [0.29, 0.717) is 12.8 Å². The Balaban J connectivity index is 1.71. The number of carbonyl (C=O) groups is 1. The first-order chi connectivity index (χ1) is 10.3. The maximum atomic E-state index is 12.0. The van der Waals surface area contributed by atoms with Crippen LogP contribution < -0.4 is 5.32 Å². The van der Waals surface area contributed by atoms with E-state index < -0.39 is 0 Å². The lowest BCUT2D eigenvalue weighted by Crippen LogP contribution is -2.39. The largest absolute Gasteiger partial charge is 0.394 e. The third kappa shape index (κ3) is 5.86. The third-order valence-corrected chi connectivity index (χ3v) is 3.88. The molecule has 4 heteroatoms. The third-order valence-electron chi connectivity index (χ3n) is 3.88. The molecule has 116 valence electrons. The number of aliphatic hydroxyl groups excluding tert-OH is 1. The number of hydrogen-bond donors (Lipinski definition) is 2. The van der Waals surface area contributed by atoms with Gasteiger partial charge in [-0.05, 0) is 37.7 Å². The number of nitrogens with one attached hydrogen (secondary N) is 1. The lowest BCUT2D eigenvalue weighted by molar-refractivity contribution is -0.123. The molecule has 21 heavy (non-hydrogen) atoms. The summed E-state index contributed by atoms with van der Waals surface area (Å²) in [6, 6.07) is 9.68. The van der Waals surface area contributed by atoms with Gasteiger partial charge in [0.05, 0.1) is 18.8 Å². The minimum Gasteiger partial charge on any atom is -0.394 e. The Hall–Kier alpha value is -1.39. The molecule has 0 radical (unpaired) electrons. The molecule has 1 amide bonds. The number of amides is 1. The molecular formula is C17H25NO3. The van der Waals surface area contributed by atoms with Crippen LogP contribution in [0.2, 0.25) is 0 Å². The van der Waals surface area contributed by atoms with Crippen molar-refractivity contribution >= 4 is 5.91 Å². The van der Waals surface area contributed by atoms with Crippen molar-refractivity contribution in [3.8, 4) is 0 Å². The first-order valence-electron chi connectivity index (χ1n) is 7.83. The number of carbonyl (C=O) groups excluding carboxylic acids is 1. The second kappa shape index (κ2) is 8.80. The maximum Gasteiger partial charge on any atom is 0.220 e. The fourth-order valence-corrected chi connectivity index (χ4v) is 2.69. The summed E-state index contributed by atoms with van der Waals surface area (Å²) in [5.41, 5.74) is 1.12. The summed E-state index contributed by atoms with van der Waals surface area (Å²) in [7, 11) is 0. The Morgan fingerprint density at radius 1 is 1.33 bits per heavy atom. The van der Waals surface area contributed by atoms with Gasteiger partial charge in [-0.3, -0.25) is 4.79 Å². The highest BCUT2D eigenvalue weighted by atomic mass is 16.5. The lowest BCUT2D eigenvalue weighted by Gasteiger charge is -2.23. The second-order valence-electron chi connectivity index (χ2n) is 5.66. The normalized spacial score (nSPS) is 20.0. The van der Waals surface area contributed by atoms with Gasteiger partial charge in [0.15, 0.2) is 0 Å². The Bertz CT molecular complexity index is 415. The molecule has 0 aromatic heterocycles. The minimum atomic E-state index is -0.216. The maximum absolute atomic E-state index is 12.0. The van der Waals surface area contributed by atoms with Crippen LogP contribution in [0.5, 0.6) is 0 Å². The van der Waals surface area contributed by atoms with E-state index in [4.69, 9.17) is 4.74 Å². The van der Waals surface area contributed by atoms with Gasteiger partial charge in [0, 0.05) is 13.0 Å². The molecule has 2 atom stereocenters. The molecule has 2 unspecified atom stereocenters. The van der Waals surface area contributed by atoms with E-state index in [2.05, 4.69) is 5.32 Å². The molecule has 0 aliphatic carbocycles. The first-order valence-corrected chi connectivity index (χ1v) is 7.83. The van der Waals surface area contributed by atoms with E-state index in [9.17, 15) is 9.90 Å². The fourth-order valence-electron chi connectivity index (χ4n) is 2.69. The summed E-state index contributed by atoms with van der Waals surface area (Å²) in [6.07, 6.45) is 5.51. The summed E-state index contributed by atoms with van der Waals surface area (Å²) >= 11 is 0. The van der Waals surface area contributed by atoms with Gasteiger partial charge in [0.1, 0.15) is 0 Å². The van der Waals surface area contributed by atoms with Gasteiger partial charge in [-0.25, -0.2) is 0 Å². The summed E-state index contributed by atoms with van der Waals surface area (Å²) in [4.78, 5) is 12.0. The van der Waals surface area contributed by atoms with Crippen molar-refractivity contribution < 1.29 is 14.6 Å². The van der Waals surface area contributed by atoms with Crippen LogP contribution in [0.3, 0.4) is 0 Å². The molecule has 0 bridgehead atoms. The van der Waals surface area contributed by atoms with Gasteiger partial charge in [-0.15, -0.1) is 0 Å². The van der Waals surface area contributed by atoms with Crippen molar-refractivity contribution in [2.24, 2.45) is 0 Å². The Morgan fingerprint density at radius 3 is 2.81 bits per heavy atom. The highest BCUT2D eigenvalue weighted by Gasteiger charge is 2.17. The quantitative estimate of drug-likeness (QED) is 0.808. The molecule has 0 spiro atoms. The van der Waals surface area contributed by atoms with Crippen LogP contribution in [0.1, 0.15) is 37.7 Å². The molecule has 1 aromatic carbocycles. The smallest absolute Gasteiger partial charge is 0.220 e. The van der Waals surface area contributed by atoms with Gasteiger partial charge in [-0.2, -0.15) is 0 Å². The topological polar surface area (TPSA) is 58.6 Å². The molecule has 2 rings (SSSR count). The van der Waals surface area contributed by atoms with Crippen LogP contribution in [0.4, 0.5) is 0 Å². The zero-order valence-electron chi connectivity index (χ0n) is 12.5. The van der Waals surface area contributed by atoms with Crippen molar-refractivity contribution in [3.63, 3.8) is 0 Å². The average molecular weight is 291 g/mol. The van der Waals surface area contributed by atoms with E-state index in [0.717, 1.165) is 31.4 Å². The van der Waals surface area contributed by atoms with Crippen LogP contribution >= 0.6 is 0 Å². The molecule has 1 aromatic rings. The summed E-state index contributed by atoms with van der Waals surface area (Å²) in [5.74, 6) is -0.000783. The second-order valence-corrected chi connectivity index (χ2v) is 5.66. The summed E-state index contributed by atoms with van der Waals surface area (Å²) in [5, 5.41) is 12.3. The number of rotatable bonds is 7. The van der Waals surface area contributed by atoms with Crippen LogP contribution in [0, 0.1) is 0 Å². The number of benzene rings is 1. The highest BCUT2D eigenvalue weighted by molar-refractivity contribution is 5.76. The van der Waals surface area contributed by atoms with Gasteiger partial charge in [0.2, 0.25) is 5.91 Å². The zero-order chi connectivity index (χ0) is 14.9. The van der Waals surface area contributed by atoms with Crippen molar-refractivity contribution in [3.05, 3.63) is 35.9 Å². The SMILES string of the molecule is O=C(CCC1CCCCO1)NC(CO)Cc1ccccc1. The molecule has 1 aliphatic rings. The molecule has 1 fully saturated rings. The van der Waals surface area contributed by atoms with Crippen LogP contribution in [-0.4, -0.2) is 36.4 Å². The Labute approximate surface area is 126 Å². The van der Waals surface area contributed by atoms with E-state index in [1.54, 1.807) is 0 Å². The Kier molecular flexibility index (Phi) is 6.70. The average Bonchev–Trinajstić information content (AvgIpc) is 2.54. The lowest BCUT2D eigenvalue weighted by atomic mass is 10.0. The van der Waals surface area contributed by atoms with Crippen molar-refractivity contribution in [2.45, 2.75) is 50.7 Å². The predicted molar refractivity (Wildman–Crippen MR) is 82.0 cm³/mol. The van der Waals surface area contributed by atoms with E-state index in [1.165, 1.54) is 6.42 Å². The summed E-state index contributed by atoms with van der Waals surface area (Å²) < 4.78 is 5.63.